The number of phenols is 1. The van der Waals surface area contributed by atoms with Crippen LogP contribution in [0.4, 0.5) is 0 Å². The van der Waals surface area contributed by atoms with Gasteiger partial charge in [-0.05, 0) is 32.3 Å². The van der Waals surface area contributed by atoms with Crippen molar-refractivity contribution in [3.05, 3.63) is 28.8 Å². The van der Waals surface area contributed by atoms with E-state index in [0.29, 0.717) is 9.67 Å². The Hall–Kier alpha value is -0.250. The predicted molar refractivity (Wildman–Crippen MR) is 85.8 cm³/mol. The molecule has 1 aromatic carbocycles. The summed E-state index contributed by atoms with van der Waals surface area (Å²) >= 11 is 2.55. The van der Waals surface area contributed by atoms with E-state index in [2.05, 4.69) is 48.6 Å². The Kier molecular flexibility index (Phi) is 4.25. The maximum absolute atomic E-state index is 10.5. The van der Waals surface area contributed by atoms with Crippen molar-refractivity contribution in [2.24, 2.45) is 0 Å². The van der Waals surface area contributed by atoms with Crippen LogP contribution in [0.2, 0.25) is 0 Å². The van der Waals surface area contributed by atoms with E-state index in [9.17, 15) is 5.11 Å². The van der Waals surface area contributed by atoms with E-state index in [1.807, 2.05) is 6.92 Å². The van der Waals surface area contributed by atoms with Gasteiger partial charge >= 0.3 is 0 Å². The van der Waals surface area contributed by atoms with Gasteiger partial charge in [-0.2, -0.15) is 0 Å². The average Bonchev–Trinajstić information content (AvgIpc) is 2.34. The van der Waals surface area contributed by atoms with Crippen LogP contribution >= 0.6 is 22.6 Å². The van der Waals surface area contributed by atoms with Crippen LogP contribution in [0.25, 0.3) is 0 Å². The zero-order valence-corrected chi connectivity index (χ0v) is 13.8. The molecule has 2 rings (SSSR count). The van der Waals surface area contributed by atoms with Crippen molar-refractivity contribution < 1.29 is 5.11 Å². The first-order valence-electron chi connectivity index (χ1n) is 6.92. The molecule has 1 saturated carbocycles. The van der Waals surface area contributed by atoms with Crippen molar-refractivity contribution in [1.29, 1.82) is 0 Å². The molecule has 0 bridgehead atoms. The third-order valence-corrected chi connectivity index (χ3v) is 5.68. The first-order valence-corrected chi connectivity index (χ1v) is 8.17. The van der Waals surface area contributed by atoms with Crippen molar-refractivity contribution >= 4 is 22.6 Å². The Labute approximate surface area is 124 Å². The van der Waals surface area contributed by atoms with Crippen molar-refractivity contribution in [1.82, 2.24) is 0 Å². The van der Waals surface area contributed by atoms with Crippen LogP contribution in [0.15, 0.2) is 12.1 Å². The summed E-state index contributed by atoms with van der Waals surface area (Å²) in [6.45, 7) is 6.44. The van der Waals surface area contributed by atoms with Crippen LogP contribution in [0, 0.1) is 13.8 Å². The number of phenolic OH excluding ortho intramolecular Hbond substituents is 1. The van der Waals surface area contributed by atoms with Crippen molar-refractivity contribution in [2.45, 2.75) is 62.2 Å². The van der Waals surface area contributed by atoms with Gasteiger partial charge in [-0.15, -0.1) is 0 Å². The molecule has 1 unspecified atom stereocenters. The second kappa shape index (κ2) is 5.40. The number of benzene rings is 1. The summed E-state index contributed by atoms with van der Waals surface area (Å²) in [4.78, 5) is 0. The smallest absolute Gasteiger partial charge is 0.122 e. The Morgan fingerprint density at radius 1 is 1.17 bits per heavy atom. The van der Waals surface area contributed by atoms with E-state index in [0.717, 1.165) is 5.56 Å². The molecule has 0 spiro atoms. The molecule has 100 valence electrons. The summed E-state index contributed by atoms with van der Waals surface area (Å²) in [7, 11) is 0. The van der Waals surface area contributed by atoms with E-state index in [-0.39, 0.29) is 5.41 Å². The molecule has 18 heavy (non-hydrogen) atoms. The van der Waals surface area contributed by atoms with Gasteiger partial charge in [0.15, 0.2) is 0 Å². The van der Waals surface area contributed by atoms with Gasteiger partial charge in [0, 0.05) is 14.9 Å². The number of halogens is 1. The lowest BCUT2D eigenvalue weighted by molar-refractivity contribution is 0.287. The van der Waals surface area contributed by atoms with Gasteiger partial charge in [0.2, 0.25) is 0 Å². The topological polar surface area (TPSA) is 20.2 Å². The van der Waals surface area contributed by atoms with Crippen LogP contribution in [0.1, 0.15) is 55.7 Å². The summed E-state index contributed by atoms with van der Waals surface area (Å²) in [5.74, 6) is 0.533. The summed E-state index contributed by atoms with van der Waals surface area (Å²) in [5, 5.41) is 10.5. The minimum absolute atomic E-state index is 0.180. The Morgan fingerprint density at radius 2 is 1.78 bits per heavy atom. The van der Waals surface area contributed by atoms with Gasteiger partial charge < -0.3 is 5.11 Å². The molecule has 2 heteroatoms. The highest BCUT2D eigenvalue weighted by molar-refractivity contribution is 14.1. The molecule has 0 aromatic heterocycles. The first-order chi connectivity index (χ1) is 8.47. The minimum atomic E-state index is 0.180. The lowest BCUT2D eigenvalue weighted by atomic mass is 9.67. The van der Waals surface area contributed by atoms with E-state index in [1.54, 1.807) is 0 Å². The fourth-order valence-electron chi connectivity index (χ4n) is 3.40. The molecule has 1 atom stereocenters. The maximum Gasteiger partial charge on any atom is 0.122 e. The zero-order valence-electron chi connectivity index (χ0n) is 11.6. The fourth-order valence-corrected chi connectivity index (χ4v) is 4.36. The standard InChI is InChI=1S/C16H23IO/c1-11-9-12(2)15(18)14(10-11)16(13(3)17)7-5-4-6-8-16/h9-10,13,18H,4-8H2,1-3H3. The highest BCUT2D eigenvalue weighted by atomic mass is 127. The summed E-state index contributed by atoms with van der Waals surface area (Å²) in [6, 6.07) is 4.29. The largest absolute Gasteiger partial charge is 0.507 e. The van der Waals surface area contributed by atoms with Gasteiger partial charge in [0.25, 0.3) is 0 Å². The van der Waals surface area contributed by atoms with Crippen molar-refractivity contribution in [3.63, 3.8) is 0 Å². The first kappa shape index (κ1) is 14.2. The second-order valence-electron chi connectivity index (χ2n) is 5.81. The Bertz CT molecular complexity index is 431. The van der Waals surface area contributed by atoms with Gasteiger partial charge in [-0.3, -0.25) is 0 Å². The Balaban J connectivity index is 2.55. The third-order valence-electron chi connectivity index (χ3n) is 4.49. The average molecular weight is 358 g/mol. The number of rotatable bonds is 2. The van der Waals surface area contributed by atoms with Crippen LogP contribution in [0.3, 0.4) is 0 Å². The van der Waals surface area contributed by atoms with Crippen LogP contribution in [0.5, 0.6) is 5.75 Å². The summed E-state index contributed by atoms with van der Waals surface area (Å²) < 4.78 is 0.558. The van der Waals surface area contributed by atoms with E-state index < -0.39 is 0 Å². The molecule has 1 nitrogen and oxygen atoms in total. The molecule has 0 aliphatic heterocycles. The number of aromatic hydroxyl groups is 1. The molecule has 1 aliphatic rings. The maximum atomic E-state index is 10.5. The van der Waals surface area contributed by atoms with Crippen LogP contribution in [-0.4, -0.2) is 9.03 Å². The number of aryl methyl sites for hydroxylation is 2. The molecule has 1 N–H and O–H groups in total. The van der Waals surface area contributed by atoms with E-state index >= 15 is 0 Å². The van der Waals surface area contributed by atoms with Gasteiger partial charge in [-0.1, -0.05) is 66.5 Å². The second-order valence-corrected chi connectivity index (χ2v) is 7.68. The normalized spacial score (nSPS) is 20.7. The van der Waals surface area contributed by atoms with Gasteiger partial charge in [-0.25, -0.2) is 0 Å². The van der Waals surface area contributed by atoms with E-state index in [4.69, 9.17) is 0 Å². The van der Waals surface area contributed by atoms with Crippen LogP contribution < -0.4 is 0 Å². The molecule has 1 aliphatic carbocycles. The van der Waals surface area contributed by atoms with Crippen molar-refractivity contribution in [2.75, 3.05) is 0 Å². The minimum Gasteiger partial charge on any atom is -0.507 e. The summed E-state index contributed by atoms with van der Waals surface area (Å²) in [5.41, 5.74) is 3.66. The molecule has 0 amide bonds. The molecular weight excluding hydrogens is 335 g/mol. The fraction of sp³-hybridized carbons (Fsp3) is 0.625. The number of hydrogen-bond donors (Lipinski definition) is 1. The highest BCUT2D eigenvalue weighted by Crippen LogP contribution is 2.48. The van der Waals surface area contributed by atoms with Crippen LogP contribution in [-0.2, 0) is 5.41 Å². The highest BCUT2D eigenvalue weighted by Gasteiger charge is 2.40. The number of hydrogen-bond acceptors (Lipinski definition) is 1. The third kappa shape index (κ3) is 2.40. The predicted octanol–water partition coefficient (Wildman–Crippen LogP) is 5.03. The monoisotopic (exact) mass is 358 g/mol. The van der Waals surface area contributed by atoms with Gasteiger partial charge in [0.05, 0.1) is 0 Å². The lowest BCUT2D eigenvalue weighted by Gasteiger charge is -2.41. The molecule has 0 heterocycles. The molecule has 0 saturated heterocycles. The molecular formula is C16H23IO. The SMILES string of the molecule is Cc1cc(C)c(O)c(C2(C(C)I)CCCCC2)c1. The van der Waals surface area contributed by atoms with Gasteiger partial charge in [0.1, 0.15) is 5.75 Å². The quantitative estimate of drug-likeness (QED) is 0.580. The molecule has 0 radical (unpaired) electrons. The lowest BCUT2D eigenvalue weighted by Crippen LogP contribution is -2.36. The zero-order chi connectivity index (χ0) is 13.3. The summed E-state index contributed by atoms with van der Waals surface area (Å²) in [6.07, 6.45) is 6.36. The van der Waals surface area contributed by atoms with Crippen molar-refractivity contribution in [3.8, 4) is 5.75 Å². The van der Waals surface area contributed by atoms with E-state index in [1.165, 1.54) is 43.2 Å². The number of alkyl halides is 1. The molecule has 1 aromatic rings. The molecule has 1 fully saturated rings. The Morgan fingerprint density at radius 3 is 2.33 bits per heavy atom.